The summed E-state index contributed by atoms with van der Waals surface area (Å²) >= 11 is 9.62. The Morgan fingerprint density at radius 1 is 1.02 bits per heavy atom. The van der Waals surface area contributed by atoms with Crippen molar-refractivity contribution in [1.82, 2.24) is 0 Å². The molecule has 2 fully saturated rings. The van der Waals surface area contributed by atoms with Crippen LogP contribution in [0.2, 0.25) is 36.3 Å². The number of halogens is 2. The molecular formula is C33H56BrClO8Si2. The van der Waals surface area contributed by atoms with Gasteiger partial charge in [-0.1, -0.05) is 70.0 Å². The molecular weight excluding hydrogens is 696 g/mol. The molecule has 2 unspecified atom stereocenters. The molecule has 2 heterocycles. The second-order valence-electron chi connectivity index (χ2n) is 15.4. The lowest BCUT2D eigenvalue weighted by molar-refractivity contribution is -0.267. The molecule has 0 aliphatic carbocycles. The number of Topliss-reactive ketones (excluding diaryl/α,β-unsaturated/α-hetero) is 1. The quantitative estimate of drug-likeness (QED) is 0.0732. The molecule has 12 heteroatoms. The largest absolute Gasteiger partial charge is 0.469 e. The van der Waals surface area contributed by atoms with E-state index in [2.05, 4.69) is 102 Å². The maximum Gasteiger partial charge on any atom is 0.308 e. The number of carbonyl (C=O) groups is 2. The number of esters is 1. The van der Waals surface area contributed by atoms with Crippen LogP contribution in [0.1, 0.15) is 80.1 Å². The second-order valence-corrected chi connectivity index (χ2v) is 26.7. The van der Waals surface area contributed by atoms with Gasteiger partial charge in [-0.05, 0) is 72.4 Å². The van der Waals surface area contributed by atoms with Crippen LogP contribution in [0.15, 0.2) is 11.1 Å². The number of allylic oxidation sites excluding steroid dienone is 1. The SMILES string of the molecule is C=C(Br)CC(Cl)CCC(=O)C#CC(O)[C@@H]1O[C@H]2CC[C@H](CC(=O)OC)O[C@@H]2[C@H](O[Si](C)(C)C(C)(C)C)[C@@H]1O[Si](C)(C)C(C)(C)C. The highest BCUT2D eigenvalue weighted by Gasteiger charge is 2.56. The van der Waals surface area contributed by atoms with Gasteiger partial charge in [-0.3, -0.25) is 9.59 Å². The van der Waals surface area contributed by atoms with Gasteiger partial charge in [0, 0.05) is 11.8 Å². The lowest BCUT2D eigenvalue weighted by Gasteiger charge is -2.55. The summed E-state index contributed by atoms with van der Waals surface area (Å²) in [5.41, 5.74) is 0. The summed E-state index contributed by atoms with van der Waals surface area (Å²) in [6, 6.07) is 0. The summed E-state index contributed by atoms with van der Waals surface area (Å²) in [7, 11) is -3.50. The Morgan fingerprint density at radius 3 is 2.09 bits per heavy atom. The third-order valence-corrected chi connectivity index (χ3v) is 19.3. The molecule has 0 aromatic carbocycles. The van der Waals surface area contributed by atoms with E-state index in [4.69, 9.17) is 34.7 Å². The summed E-state index contributed by atoms with van der Waals surface area (Å²) in [4.78, 5) is 24.9. The van der Waals surface area contributed by atoms with Gasteiger partial charge in [-0.2, -0.15) is 0 Å². The molecule has 0 aromatic rings. The third-order valence-electron chi connectivity index (χ3n) is 9.69. The predicted molar refractivity (Wildman–Crippen MR) is 188 cm³/mol. The molecule has 0 saturated carbocycles. The topological polar surface area (TPSA) is 101 Å². The smallest absolute Gasteiger partial charge is 0.308 e. The van der Waals surface area contributed by atoms with Gasteiger partial charge >= 0.3 is 5.97 Å². The van der Waals surface area contributed by atoms with E-state index in [1.807, 2.05) is 0 Å². The minimum Gasteiger partial charge on any atom is -0.469 e. The monoisotopic (exact) mass is 750 g/mol. The molecule has 0 spiro atoms. The lowest BCUT2D eigenvalue weighted by atomic mass is 9.87. The molecule has 2 aliphatic rings. The summed E-state index contributed by atoms with van der Waals surface area (Å²) < 4.78 is 33.1. The van der Waals surface area contributed by atoms with Crippen LogP contribution in [0.3, 0.4) is 0 Å². The molecule has 45 heavy (non-hydrogen) atoms. The number of alkyl halides is 1. The number of aliphatic hydroxyl groups is 1. The van der Waals surface area contributed by atoms with E-state index in [-0.39, 0.29) is 46.2 Å². The fraction of sp³-hybridized carbons (Fsp3) is 0.818. The predicted octanol–water partition coefficient (Wildman–Crippen LogP) is 7.27. The van der Waals surface area contributed by atoms with E-state index in [0.717, 1.165) is 4.48 Å². The zero-order valence-electron chi connectivity index (χ0n) is 29.1. The molecule has 0 aromatic heterocycles. The zero-order valence-corrected chi connectivity index (χ0v) is 33.5. The van der Waals surface area contributed by atoms with Crippen LogP contribution in [-0.4, -0.2) is 88.7 Å². The molecule has 1 N–H and O–H groups in total. The van der Waals surface area contributed by atoms with Gasteiger partial charge in [0.2, 0.25) is 5.78 Å². The highest BCUT2D eigenvalue weighted by molar-refractivity contribution is 9.11. The van der Waals surface area contributed by atoms with Crippen molar-refractivity contribution in [2.24, 2.45) is 0 Å². The van der Waals surface area contributed by atoms with Gasteiger partial charge in [-0.15, -0.1) is 11.6 Å². The average Bonchev–Trinajstić information content (AvgIpc) is 2.89. The lowest BCUT2D eigenvalue weighted by Crippen LogP contribution is -2.68. The molecule has 8 atom stereocenters. The fourth-order valence-corrected chi connectivity index (χ4v) is 8.36. The number of ketones is 1. The molecule has 2 saturated heterocycles. The van der Waals surface area contributed by atoms with E-state index in [9.17, 15) is 14.7 Å². The number of carbonyl (C=O) groups excluding carboxylic acids is 2. The third kappa shape index (κ3) is 11.5. The first-order chi connectivity index (χ1) is 20.5. The summed E-state index contributed by atoms with van der Waals surface area (Å²) in [5, 5.41) is 11.0. The Bertz CT molecular complexity index is 1110. The molecule has 8 nitrogen and oxygen atoms in total. The van der Waals surface area contributed by atoms with Crippen LogP contribution >= 0.6 is 27.5 Å². The van der Waals surface area contributed by atoms with Crippen LogP contribution in [0.5, 0.6) is 0 Å². The van der Waals surface area contributed by atoms with Gasteiger partial charge in [0.15, 0.2) is 16.6 Å². The van der Waals surface area contributed by atoms with Gasteiger partial charge in [0.1, 0.15) is 30.5 Å². The van der Waals surface area contributed by atoms with E-state index >= 15 is 0 Å². The van der Waals surface area contributed by atoms with E-state index < -0.39 is 53.3 Å². The van der Waals surface area contributed by atoms with Crippen molar-refractivity contribution >= 4 is 55.9 Å². The van der Waals surface area contributed by atoms with Crippen molar-refractivity contribution < 1.29 is 37.8 Å². The van der Waals surface area contributed by atoms with Crippen LogP contribution in [-0.2, 0) is 32.7 Å². The summed E-state index contributed by atoms with van der Waals surface area (Å²) in [6.07, 6.45) is -2.32. The normalized spacial score (nSPS) is 27.4. The Morgan fingerprint density at radius 2 is 1.58 bits per heavy atom. The number of ether oxygens (including phenoxy) is 3. The van der Waals surface area contributed by atoms with Gasteiger partial charge in [-0.25, -0.2) is 0 Å². The molecule has 2 rings (SSSR count). The standard InChI is InChI=1S/C33H56BrClO8Si2/c1-21(34)19-22(35)13-14-23(36)15-17-25(37)28-30(42-44(9,10)32(2,3)4)31(43-45(11,12)33(5,6)7)29-26(41-28)18-16-24(40-29)20-27(38)39-8/h22,24-26,28-31,37H,1,13-14,16,18-20H2,2-12H3/t22?,24-,25?,26+,28+,29+,30-,31+/m1/s1. The first-order valence-electron chi connectivity index (χ1n) is 15.9. The number of fused-ring (bicyclic) bond motifs is 1. The van der Waals surface area contributed by atoms with Gasteiger partial charge < -0.3 is 28.2 Å². The minimum absolute atomic E-state index is 0.121. The Balaban J connectivity index is 2.52. The molecule has 0 bridgehead atoms. The Labute approximate surface area is 287 Å². The number of rotatable bonds is 12. The first kappa shape index (κ1) is 40.6. The van der Waals surface area contributed by atoms with Crippen molar-refractivity contribution in [1.29, 1.82) is 0 Å². The van der Waals surface area contributed by atoms with Gasteiger partial charge in [0.05, 0.1) is 25.7 Å². The van der Waals surface area contributed by atoms with Crippen molar-refractivity contribution in [3.8, 4) is 11.8 Å². The van der Waals surface area contributed by atoms with Gasteiger partial charge in [0.25, 0.3) is 0 Å². The molecule has 258 valence electrons. The summed E-state index contributed by atoms with van der Waals surface area (Å²) in [6.45, 7) is 25.4. The Hall–Kier alpha value is -0.556. The minimum atomic E-state index is -2.46. The molecule has 0 radical (unpaired) electrons. The fourth-order valence-electron chi connectivity index (χ4n) is 4.88. The van der Waals surface area contributed by atoms with Crippen LogP contribution in [0.4, 0.5) is 0 Å². The van der Waals surface area contributed by atoms with Crippen LogP contribution < -0.4 is 0 Å². The van der Waals surface area contributed by atoms with E-state index in [1.165, 1.54) is 7.11 Å². The summed E-state index contributed by atoms with van der Waals surface area (Å²) in [5.74, 6) is 4.75. The first-order valence-corrected chi connectivity index (χ1v) is 23.0. The van der Waals surface area contributed by atoms with E-state index in [1.54, 1.807) is 0 Å². The van der Waals surface area contributed by atoms with Crippen LogP contribution in [0, 0.1) is 11.8 Å². The van der Waals surface area contributed by atoms with Crippen molar-refractivity contribution in [3.63, 3.8) is 0 Å². The number of hydrogen-bond acceptors (Lipinski definition) is 8. The van der Waals surface area contributed by atoms with Crippen molar-refractivity contribution in [2.45, 2.75) is 164 Å². The number of methoxy groups -OCH3 is 1. The highest BCUT2D eigenvalue weighted by Crippen LogP contribution is 2.45. The van der Waals surface area contributed by atoms with Crippen molar-refractivity contribution in [2.75, 3.05) is 7.11 Å². The molecule has 0 amide bonds. The van der Waals surface area contributed by atoms with E-state index in [0.29, 0.717) is 25.7 Å². The second kappa shape index (κ2) is 16.2. The highest BCUT2D eigenvalue weighted by atomic mass is 79.9. The molecule has 2 aliphatic heterocycles. The Kier molecular flexibility index (Phi) is 14.6. The number of aliphatic hydroxyl groups excluding tert-OH is 1. The van der Waals surface area contributed by atoms with Crippen LogP contribution in [0.25, 0.3) is 0 Å². The maximum absolute atomic E-state index is 12.7. The maximum atomic E-state index is 12.7. The number of hydrogen-bond donors (Lipinski definition) is 1. The zero-order chi connectivity index (χ0) is 34.5. The van der Waals surface area contributed by atoms with Crippen molar-refractivity contribution in [3.05, 3.63) is 11.1 Å². The average molecular weight is 752 g/mol.